The number of quaternary nitrogens is 1. The van der Waals surface area contributed by atoms with Crippen LogP contribution in [0.4, 0.5) is 0 Å². The van der Waals surface area contributed by atoms with Crippen LogP contribution in [0.1, 0.15) is 96.1 Å². The van der Waals surface area contributed by atoms with E-state index in [2.05, 4.69) is 45.3 Å². The summed E-state index contributed by atoms with van der Waals surface area (Å²) >= 11 is 0. The topological polar surface area (TPSA) is 35.5 Å². The number of benzene rings is 2. The van der Waals surface area contributed by atoms with Gasteiger partial charge in [-0.15, -0.1) is 0 Å². The van der Waals surface area contributed by atoms with Crippen LogP contribution in [0.2, 0.25) is 0 Å². The molecule has 2 rings (SSSR count). The Morgan fingerprint density at radius 2 is 1.31 bits per heavy atom. The van der Waals surface area contributed by atoms with E-state index in [0.717, 1.165) is 18.7 Å². The molecule has 36 heavy (non-hydrogen) atoms. The fraction of sp³-hybridized carbons (Fsp3) is 0.594. The molecule has 4 heteroatoms. The summed E-state index contributed by atoms with van der Waals surface area (Å²) in [5.41, 5.74) is 2.53. The van der Waals surface area contributed by atoms with Crippen LogP contribution in [0.3, 0.4) is 0 Å². The number of carbonyl (C=O) groups excluding carboxylic acids is 1. The summed E-state index contributed by atoms with van der Waals surface area (Å²) in [6.07, 6.45) is 14.0. The second kappa shape index (κ2) is 16.4. The lowest BCUT2D eigenvalue weighted by atomic mass is 10.0. The number of ether oxygens (including phenoxy) is 2. The van der Waals surface area contributed by atoms with Crippen molar-refractivity contribution in [2.75, 3.05) is 14.1 Å². The molecule has 0 aliphatic rings. The van der Waals surface area contributed by atoms with E-state index >= 15 is 0 Å². The number of hydrogen-bond donors (Lipinski definition) is 0. The summed E-state index contributed by atoms with van der Waals surface area (Å²) in [4.78, 5) is 12.8. The van der Waals surface area contributed by atoms with E-state index in [1.165, 1.54) is 75.3 Å². The number of carbonyl (C=O) groups is 1. The Bertz CT molecular complexity index is 847. The Morgan fingerprint density at radius 3 is 1.89 bits per heavy atom. The molecule has 0 bridgehead atoms. The van der Waals surface area contributed by atoms with Gasteiger partial charge in [-0.05, 0) is 37.5 Å². The standard InChI is InChI=1S/C32H50NO3/c1-6-7-8-9-10-11-12-13-14-16-19-29-22-24-31(25-23-29)35-28(3)36-32(34)27(2)33(4,5)26-30-20-17-15-18-21-30/h15,17-18,20-25,27-28H,6-14,16,19,26H2,1-5H3/q+1. The molecule has 0 radical (unpaired) electrons. The van der Waals surface area contributed by atoms with Gasteiger partial charge in [-0.2, -0.15) is 0 Å². The van der Waals surface area contributed by atoms with Crippen molar-refractivity contribution in [3.63, 3.8) is 0 Å². The van der Waals surface area contributed by atoms with Crippen molar-refractivity contribution in [1.29, 1.82) is 0 Å². The van der Waals surface area contributed by atoms with Gasteiger partial charge >= 0.3 is 5.97 Å². The maximum atomic E-state index is 12.8. The number of unbranched alkanes of at least 4 members (excludes halogenated alkanes) is 9. The second-order valence-corrected chi connectivity index (χ2v) is 10.8. The highest BCUT2D eigenvalue weighted by Gasteiger charge is 2.33. The first-order valence-electron chi connectivity index (χ1n) is 14.1. The quantitative estimate of drug-likeness (QED) is 0.0905. The number of nitrogens with zero attached hydrogens (tertiary/aromatic N) is 1. The fourth-order valence-electron chi connectivity index (χ4n) is 4.51. The molecule has 0 heterocycles. The smallest absolute Gasteiger partial charge is 0.367 e. The van der Waals surface area contributed by atoms with Crippen LogP contribution in [-0.2, 0) is 22.5 Å². The minimum Gasteiger partial charge on any atom is -0.455 e. The first kappa shape index (κ1) is 29.9. The SMILES string of the molecule is CCCCCCCCCCCCc1ccc(OC(C)OC(=O)C(C)[N+](C)(C)Cc2ccccc2)cc1. The molecule has 0 aliphatic heterocycles. The number of hydrogen-bond acceptors (Lipinski definition) is 3. The molecule has 0 fully saturated rings. The van der Waals surface area contributed by atoms with E-state index in [1.807, 2.05) is 37.3 Å². The number of esters is 1. The largest absolute Gasteiger partial charge is 0.455 e. The molecule has 4 nitrogen and oxygen atoms in total. The van der Waals surface area contributed by atoms with Crippen molar-refractivity contribution in [3.8, 4) is 5.75 Å². The van der Waals surface area contributed by atoms with Crippen LogP contribution in [0.5, 0.6) is 5.75 Å². The first-order valence-corrected chi connectivity index (χ1v) is 14.1. The molecule has 0 amide bonds. The van der Waals surface area contributed by atoms with Crippen molar-refractivity contribution in [1.82, 2.24) is 0 Å². The number of aryl methyl sites for hydroxylation is 1. The normalized spacial score (nSPS) is 13.2. The minimum atomic E-state index is -0.635. The summed E-state index contributed by atoms with van der Waals surface area (Å²) in [5.74, 6) is 0.480. The van der Waals surface area contributed by atoms with Crippen molar-refractivity contribution in [3.05, 3.63) is 65.7 Å². The fourth-order valence-corrected chi connectivity index (χ4v) is 4.51. The van der Waals surface area contributed by atoms with Crippen molar-refractivity contribution >= 4 is 5.97 Å². The van der Waals surface area contributed by atoms with E-state index in [4.69, 9.17) is 9.47 Å². The molecular formula is C32H50NO3+. The lowest BCUT2D eigenvalue weighted by Gasteiger charge is -2.35. The Kier molecular flexibility index (Phi) is 13.6. The first-order chi connectivity index (χ1) is 17.3. The molecule has 0 saturated carbocycles. The Balaban J connectivity index is 1.65. The van der Waals surface area contributed by atoms with Crippen molar-refractivity contribution in [2.45, 2.75) is 110 Å². The average Bonchev–Trinajstić information content (AvgIpc) is 2.86. The predicted octanol–water partition coefficient (Wildman–Crippen LogP) is 8.08. The molecule has 0 spiro atoms. The molecular weight excluding hydrogens is 446 g/mol. The molecule has 0 aliphatic carbocycles. The Morgan fingerprint density at radius 1 is 0.750 bits per heavy atom. The molecule has 200 valence electrons. The third-order valence-electron chi connectivity index (χ3n) is 7.15. The summed E-state index contributed by atoms with van der Waals surface area (Å²) < 4.78 is 12.0. The van der Waals surface area contributed by atoms with Gasteiger partial charge in [0.1, 0.15) is 12.3 Å². The third-order valence-corrected chi connectivity index (χ3v) is 7.15. The maximum absolute atomic E-state index is 12.8. The van der Waals surface area contributed by atoms with E-state index in [-0.39, 0.29) is 12.0 Å². The van der Waals surface area contributed by atoms with Gasteiger partial charge in [0.2, 0.25) is 6.29 Å². The van der Waals surface area contributed by atoms with Crippen LogP contribution in [0.15, 0.2) is 54.6 Å². The monoisotopic (exact) mass is 496 g/mol. The zero-order chi connectivity index (χ0) is 26.2. The van der Waals surface area contributed by atoms with E-state index < -0.39 is 6.29 Å². The highest BCUT2D eigenvalue weighted by Crippen LogP contribution is 2.19. The minimum absolute atomic E-state index is 0.249. The molecule has 2 aromatic rings. The van der Waals surface area contributed by atoms with Gasteiger partial charge in [0.15, 0.2) is 6.04 Å². The van der Waals surface area contributed by atoms with Gasteiger partial charge in [0.05, 0.1) is 14.1 Å². The number of likely N-dealkylation sites (N-methyl/N-ethyl adjacent to an activating group) is 1. The van der Waals surface area contributed by atoms with Crippen LogP contribution < -0.4 is 4.74 Å². The van der Waals surface area contributed by atoms with Crippen molar-refractivity contribution < 1.29 is 18.8 Å². The molecule has 2 atom stereocenters. The molecule has 0 N–H and O–H groups in total. The van der Waals surface area contributed by atoms with Gasteiger partial charge in [-0.1, -0.05) is 107 Å². The zero-order valence-corrected chi connectivity index (χ0v) is 23.5. The van der Waals surface area contributed by atoms with Crippen LogP contribution in [0.25, 0.3) is 0 Å². The van der Waals surface area contributed by atoms with E-state index in [0.29, 0.717) is 4.48 Å². The molecule has 2 aromatic carbocycles. The highest BCUT2D eigenvalue weighted by molar-refractivity contribution is 5.74. The summed E-state index contributed by atoms with van der Waals surface area (Å²) in [7, 11) is 4.11. The number of rotatable bonds is 18. The van der Waals surface area contributed by atoms with Gasteiger partial charge in [-0.3, -0.25) is 0 Å². The van der Waals surface area contributed by atoms with Crippen molar-refractivity contribution in [2.24, 2.45) is 0 Å². The van der Waals surface area contributed by atoms with Gasteiger partial charge < -0.3 is 14.0 Å². The summed E-state index contributed by atoms with van der Waals surface area (Å²) in [5, 5.41) is 0. The average molecular weight is 497 g/mol. The lowest BCUT2D eigenvalue weighted by molar-refractivity contribution is -0.917. The Labute approximate surface area is 220 Å². The summed E-state index contributed by atoms with van der Waals surface area (Å²) in [6.45, 7) is 6.72. The second-order valence-electron chi connectivity index (χ2n) is 10.8. The van der Waals surface area contributed by atoms with E-state index in [9.17, 15) is 4.79 Å². The van der Waals surface area contributed by atoms with Crippen LogP contribution in [0, 0.1) is 0 Å². The summed E-state index contributed by atoms with van der Waals surface area (Å²) in [6, 6.07) is 18.1. The van der Waals surface area contributed by atoms with Crippen LogP contribution in [-0.4, -0.2) is 36.9 Å². The molecule has 0 saturated heterocycles. The van der Waals surface area contributed by atoms with Gasteiger partial charge in [0.25, 0.3) is 0 Å². The van der Waals surface area contributed by atoms with Gasteiger partial charge in [-0.25, -0.2) is 4.79 Å². The highest BCUT2D eigenvalue weighted by atomic mass is 16.7. The zero-order valence-electron chi connectivity index (χ0n) is 23.5. The molecule has 0 aromatic heterocycles. The van der Waals surface area contributed by atoms with Crippen LogP contribution >= 0.6 is 0 Å². The maximum Gasteiger partial charge on any atom is 0.367 e. The van der Waals surface area contributed by atoms with Gasteiger partial charge in [0, 0.05) is 12.5 Å². The lowest BCUT2D eigenvalue weighted by Crippen LogP contribution is -2.51. The predicted molar refractivity (Wildman–Crippen MR) is 150 cm³/mol. The molecule has 2 unspecified atom stereocenters. The Hall–Kier alpha value is -2.33. The third kappa shape index (κ3) is 11.6. The van der Waals surface area contributed by atoms with E-state index in [1.54, 1.807) is 6.92 Å².